The Morgan fingerprint density at radius 2 is 2.14 bits per heavy atom. The molecule has 0 aliphatic heterocycles. The summed E-state index contributed by atoms with van der Waals surface area (Å²) >= 11 is 5.87. The zero-order valence-corrected chi connectivity index (χ0v) is 9.51. The predicted octanol–water partition coefficient (Wildman–Crippen LogP) is 3.74. The Kier molecular flexibility index (Phi) is 3.97. The second-order valence-corrected chi connectivity index (χ2v) is 4.32. The van der Waals surface area contributed by atoms with Gasteiger partial charge in [-0.3, -0.25) is 0 Å². The van der Waals surface area contributed by atoms with Crippen molar-refractivity contribution in [2.75, 3.05) is 0 Å². The van der Waals surface area contributed by atoms with E-state index in [2.05, 4.69) is 6.92 Å². The summed E-state index contributed by atoms with van der Waals surface area (Å²) < 4.78 is 0. The van der Waals surface area contributed by atoms with E-state index in [1.165, 1.54) is 0 Å². The molecule has 0 aliphatic carbocycles. The largest absolute Gasteiger partial charge is 0.385 e. The van der Waals surface area contributed by atoms with Gasteiger partial charge in [-0.25, -0.2) is 0 Å². The third-order valence-corrected chi connectivity index (χ3v) is 2.70. The van der Waals surface area contributed by atoms with Crippen molar-refractivity contribution in [1.82, 2.24) is 0 Å². The van der Waals surface area contributed by atoms with E-state index in [4.69, 9.17) is 11.6 Å². The smallest absolute Gasteiger partial charge is 0.0869 e. The lowest BCUT2D eigenvalue weighted by Gasteiger charge is -2.23. The highest BCUT2D eigenvalue weighted by molar-refractivity contribution is 6.30. The molecule has 1 unspecified atom stereocenters. The average molecular weight is 213 g/mol. The zero-order valence-electron chi connectivity index (χ0n) is 8.76. The topological polar surface area (TPSA) is 20.2 Å². The molecule has 0 saturated carbocycles. The molecular weight excluding hydrogens is 196 g/mol. The summed E-state index contributed by atoms with van der Waals surface area (Å²) in [6.07, 6.45) is 2.90. The summed E-state index contributed by atoms with van der Waals surface area (Å²) in [7, 11) is 0. The Morgan fingerprint density at radius 1 is 1.43 bits per heavy atom. The van der Waals surface area contributed by atoms with Crippen LogP contribution in [0.25, 0.3) is 0 Å². The minimum atomic E-state index is -0.749. The maximum Gasteiger partial charge on any atom is 0.0869 e. The molecule has 0 heterocycles. The van der Waals surface area contributed by atoms with E-state index in [9.17, 15) is 5.11 Å². The Labute approximate surface area is 90.7 Å². The van der Waals surface area contributed by atoms with Crippen LogP contribution in [0.3, 0.4) is 0 Å². The van der Waals surface area contributed by atoms with Crippen LogP contribution in [0.5, 0.6) is 0 Å². The van der Waals surface area contributed by atoms with Crippen LogP contribution in [0.15, 0.2) is 24.3 Å². The lowest BCUT2D eigenvalue weighted by atomic mass is 9.91. The van der Waals surface area contributed by atoms with Crippen LogP contribution >= 0.6 is 11.6 Å². The minimum absolute atomic E-state index is 0.680. The molecule has 0 radical (unpaired) electrons. The summed E-state index contributed by atoms with van der Waals surface area (Å²) in [5, 5.41) is 10.9. The summed E-state index contributed by atoms with van der Waals surface area (Å²) in [6, 6.07) is 7.44. The lowest BCUT2D eigenvalue weighted by molar-refractivity contribution is 0.0454. The fourth-order valence-corrected chi connectivity index (χ4v) is 1.68. The van der Waals surface area contributed by atoms with Crippen molar-refractivity contribution in [3.8, 4) is 0 Å². The van der Waals surface area contributed by atoms with Crippen molar-refractivity contribution in [1.29, 1.82) is 0 Å². The van der Waals surface area contributed by atoms with E-state index in [0.717, 1.165) is 24.8 Å². The van der Waals surface area contributed by atoms with Gasteiger partial charge in [0, 0.05) is 5.02 Å². The van der Waals surface area contributed by atoms with E-state index in [0.29, 0.717) is 5.02 Å². The molecule has 1 rings (SSSR count). The molecule has 1 nitrogen and oxygen atoms in total. The molecule has 0 fully saturated rings. The molecule has 78 valence electrons. The van der Waals surface area contributed by atoms with E-state index in [1.54, 1.807) is 0 Å². The molecule has 0 bridgehead atoms. The van der Waals surface area contributed by atoms with Crippen molar-refractivity contribution in [2.24, 2.45) is 0 Å². The Hall–Kier alpha value is -0.530. The highest BCUT2D eigenvalue weighted by Crippen LogP contribution is 2.28. The fraction of sp³-hybridized carbons (Fsp3) is 0.500. The van der Waals surface area contributed by atoms with Gasteiger partial charge in [0.2, 0.25) is 0 Å². The van der Waals surface area contributed by atoms with Crippen LogP contribution in [0.1, 0.15) is 38.7 Å². The summed E-state index contributed by atoms with van der Waals surface area (Å²) in [6.45, 7) is 3.96. The summed E-state index contributed by atoms with van der Waals surface area (Å²) in [5.74, 6) is 0. The van der Waals surface area contributed by atoms with E-state index >= 15 is 0 Å². The molecule has 0 spiro atoms. The Balaban J connectivity index is 2.80. The third kappa shape index (κ3) is 3.00. The maximum atomic E-state index is 10.2. The number of aliphatic hydroxyl groups is 1. The van der Waals surface area contributed by atoms with Crippen LogP contribution < -0.4 is 0 Å². The van der Waals surface area contributed by atoms with Gasteiger partial charge in [-0.2, -0.15) is 0 Å². The number of hydrogen-bond acceptors (Lipinski definition) is 1. The molecule has 1 aromatic carbocycles. The first-order chi connectivity index (χ1) is 6.56. The number of halogens is 1. The minimum Gasteiger partial charge on any atom is -0.385 e. The molecule has 0 saturated heterocycles. The van der Waals surface area contributed by atoms with Gasteiger partial charge in [0.1, 0.15) is 0 Å². The lowest BCUT2D eigenvalue weighted by Crippen LogP contribution is -2.20. The van der Waals surface area contributed by atoms with Crippen LogP contribution in [0.2, 0.25) is 5.02 Å². The van der Waals surface area contributed by atoms with E-state index in [1.807, 2.05) is 31.2 Å². The number of benzene rings is 1. The number of unbranched alkanes of at least 4 members (excludes halogenated alkanes) is 1. The molecule has 1 aromatic rings. The first-order valence-electron chi connectivity index (χ1n) is 5.04. The van der Waals surface area contributed by atoms with Gasteiger partial charge in [0.05, 0.1) is 5.60 Å². The molecule has 0 amide bonds. The third-order valence-electron chi connectivity index (χ3n) is 2.46. The van der Waals surface area contributed by atoms with Gasteiger partial charge in [-0.1, -0.05) is 43.5 Å². The maximum absolute atomic E-state index is 10.2. The molecule has 0 aromatic heterocycles. The average Bonchev–Trinajstić information content (AvgIpc) is 2.15. The SMILES string of the molecule is CCCCC(C)(O)c1cccc(Cl)c1. The predicted molar refractivity (Wildman–Crippen MR) is 60.5 cm³/mol. The first-order valence-corrected chi connectivity index (χ1v) is 5.42. The molecule has 2 heteroatoms. The van der Waals surface area contributed by atoms with Crippen LogP contribution in [-0.4, -0.2) is 5.11 Å². The number of rotatable bonds is 4. The van der Waals surface area contributed by atoms with Crippen molar-refractivity contribution in [3.05, 3.63) is 34.9 Å². The molecule has 1 atom stereocenters. The van der Waals surface area contributed by atoms with Crippen molar-refractivity contribution >= 4 is 11.6 Å². The highest BCUT2D eigenvalue weighted by atomic mass is 35.5. The van der Waals surface area contributed by atoms with Crippen molar-refractivity contribution < 1.29 is 5.11 Å². The van der Waals surface area contributed by atoms with Crippen LogP contribution in [0.4, 0.5) is 0 Å². The quantitative estimate of drug-likeness (QED) is 0.806. The Bertz CT molecular complexity index is 294. The molecule has 14 heavy (non-hydrogen) atoms. The van der Waals surface area contributed by atoms with Gasteiger partial charge in [-0.15, -0.1) is 0 Å². The van der Waals surface area contributed by atoms with Gasteiger partial charge in [0.25, 0.3) is 0 Å². The van der Waals surface area contributed by atoms with Crippen LogP contribution in [-0.2, 0) is 5.60 Å². The molecule has 0 aliphatic rings. The molecular formula is C12H17ClO. The fourth-order valence-electron chi connectivity index (χ4n) is 1.49. The van der Waals surface area contributed by atoms with Gasteiger partial charge in [-0.05, 0) is 31.0 Å². The normalized spacial score (nSPS) is 15.1. The van der Waals surface area contributed by atoms with Gasteiger partial charge in [0.15, 0.2) is 0 Å². The Morgan fingerprint density at radius 3 is 2.71 bits per heavy atom. The highest BCUT2D eigenvalue weighted by Gasteiger charge is 2.21. The van der Waals surface area contributed by atoms with E-state index in [-0.39, 0.29) is 0 Å². The number of hydrogen-bond donors (Lipinski definition) is 1. The molecule has 1 N–H and O–H groups in total. The second kappa shape index (κ2) is 4.81. The van der Waals surface area contributed by atoms with Gasteiger partial charge < -0.3 is 5.11 Å². The van der Waals surface area contributed by atoms with Crippen LogP contribution in [0, 0.1) is 0 Å². The standard InChI is InChI=1S/C12H17ClO/c1-3-4-8-12(2,14)10-6-5-7-11(13)9-10/h5-7,9,14H,3-4,8H2,1-2H3. The zero-order chi connectivity index (χ0) is 10.6. The monoisotopic (exact) mass is 212 g/mol. The van der Waals surface area contributed by atoms with E-state index < -0.39 is 5.60 Å². The van der Waals surface area contributed by atoms with Gasteiger partial charge >= 0.3 is 0 Å². The summed E-state index contributed by atoms with van der Waals surface area (Å²) in [4.78, 5) is 0. The van der Waals surface area contributed by atoms with Crippen molar-refractivity contribution in [3.63, 3.8) is 0 Å². The first kappa shape index (κ1) is 11.5. The second-order valence-electron chi connectivity index (χ2n) is 3.89. The van der Waals surface area contributed by atoms with Crippen molar-refractivity contribution in [2.45, 2.75) is 38.7 Å². The summed E-state index contributed by atoms with van der Waals surface area (Å²) in [5.41, 5.74) is 0.152.